The highest BCUT2D eigenvalue weighted by Gasteiger charge is 2.24. The highest BCUT2D eigenvalue weighted by atomic mass is 32.2. The summed E-state index contributed by atoms with van der Waals surface area (Å²) < 4.78 is 22.7. The van der Waals surface area contributed by atoms with Gasteiger partial charge < -0.3 is 10.1 Å². The van der Waals surface area contributed by atoms with E-state index in [9.17, 15) is 4.21 Å². The summed E-state index contributed by atoms with van der Waals surface area (Å²) in [5.41, 5.74) is 1.10. The molecule has 2 aliphatic rings. The smallest absolute Gasteiger partial charge is 0.159 e. The van der Waals surface area contributed by atoms with E-state index < -0.39 is 9.73 Å². The molecule has 2 atom stereocenters. The van der Waals surface area contributed by atoms with Crippen molar-refractivity contribution in [1.82, 2.24) is 5.32 Å². The van der Waals surface area contributed by atoms with Crippen LogP contribution in [0.25, 0.3) is 0 Å². The average Bonchev–Trinajstić information content (AvgIpc) is 2.45. The van der Waals surface area contributed by atoms with Crippen LogP contribution in [0.2, 0.25) is 0 Å². The Bertz CT molecular complexity index is 531. The lowest BCUT2D eigenvalue weighted by molar-refractivity contribution is -0.0426. The maximum Gasteiger partial charge on any atom is 0.159 e. The number of benzene rings is 1. The minimum absolute atomic E-state index is 0.159. The lowest BCUT2D eigenvalue weighted by atomic mass is 10.2. The molecule has 0 bridgehead atoms. The van der Waals surface area contributed by atoms with Gasteiger partial charge in [-0.05, 0) is 11.6 Å². The SMILES string of the molecule is O=S1(=NC2CCO2)CCNCc2ccccc21. The Morgan fingerprint density at radius 1 is 1.41 bits per heavy atom. The van der Waals surface area contributed by atoms with Crippen LogP contribution < -0.4 is 5.32 Å². The molecule has 0 amide bonds. The van der Waals surface area contributed by atoms with Gasteiger partial charge in [0.1, 0.15) is 0 Å². The summed E-state index contributed by atoms with van der Waals surface area (Å²) in [6, 6.07) is 7.86. The van der Waals surface area contributed by atoms with Gasteiger partial charge in [-0.1, -0.05) is 18.2 Å². The van der Waals surface area contributed by atoms with E-state index in [2.05, 4.69) is 9.68 Å². The van der Waals surface area contributed by atoms with Crippen LogP contribution in [0, 0.1) is 0 Å². The van der Waals surface area contributed by atoms with Crippen molar-refractivity contribution < 1.29 is 8.95 Å². The minimum atomic E-state index is -2.31. The topological polar surface area (TPSA) is 50.7 Å². The maximum atomic E-state index is 13.0. The number of ether oxygens (including phenoxy) is 1. The molecule has 0 radical (unpaired) electrons. The lowest BCUT2D eigenvalue weighted by Gasteiger charge is -2.24. The standard InChI is InChI=1S/C12H16N2O2S/c15-17(14-12-5-7-16-12)8-6-13-9-10-3-1-2-4-11(10)17/h1-4,12-13H,5-9H2. The third-order valence-electron chi connectivity index (χ3n) is 3.15. The molecule has 2 unspecified atom stereocenters. The molecule has 1 saturated heterocycles. The quantitative estimate of drug-likeness (QED) is 0.821. The van der Waals surface area contributed by atoms with E-state index in [1.165, 1.54) is 0 Å². The first-order chi connectivity index (χ1) is 8.28. The molecule has 2 heterocycles. The molecule has 1 aromatic rings. The summed E-state index contributed by atoms with van der Waals surface area (Å²) in [6.45, 7) is 2.25. The number of nitrogens with zero attached hydrogens (tertiary/aromatic N) is 1. The average molecular weight is 252 g/mol. The van der Waals surface area contributed by atoms with Gasteiger partial charge in [0.15, 0.2) is 6.23 Å². The van der Waals surface area contributed by atoms with E-state index in [1.54, 1.807) is 0 Å². The van der Waals surface area contributed by atoms with Crippen molar-refractivity contribution in [2.24, 2.45) is 4.36 Å². The highest BCUT2D eigenvalue weighted by molar-refractivity contribution is 7.93. The van der Waals surface area contributed by atoms with Crippen LogP contribution >= 0.6 is 0 Å². The maximum absolute atomic E-state index is 13.0. The van der Waals surface area contributed by atoms with Crippen molar-refractivity contribution in [3.05, 3.63) is 29.8 Å². The molecular formula is C12H16N2O2S. The summed E-state index contributed by atoms with van der Waals surface area (Å²) in [5, 5.41) is 3.29. The van der Waals surface area contributed by atoms with Gasteiger partial charge in [-0.15, -0.1) is 0 Å². The molecule has 0 spiro atoms. The van der Waals surface area contributed by atoms with Gasteiger partial charge in [-0.25, -0.2) is 8.57 Å². The van der Waals surface area contributed by atoms with Crippen molar-refractivity contribution >= 4 is 9.73 Å². The Balaban J connectivity index is 2.09. The molecule has 1 fully saturated rings. The number of hydrogen-bond acceptors (Lipinski definition) is 4. The van der Waals surface area contributed by atoms with E-state index in [0.717, 1.165) is 36.6 Å². The second kappa shape index (κ2) is 4.40. The summed E-state index contributed by atoms with van der Waals surface area (Å²) in [7, 11) is -2.31. The van der Waals surface area contributed by atoms with Crippen LogP contribution in [-0.4, -0.2) is 29.3 Å². The Hall–Kier alpha value is -0.910. The molecule has 0 saturated carbocycles. The van der Waals surface area contributed by atoms with E-state index in [4.69, 9.17) is 4.74 Å². The van der Waals surface area contributed by atoms with Crippen molar-refractivity contribution in [2.75, 3.05) is 18.9 Å². The predicted molar refractivity (Wildman–Crippen MR) is 66.2 cm³/mol. The van der Waals surface area contributed by atoms with Crippen LogP contribution in [-0.2, 0) is 21.0 Å². The second-order valence-corrected chi connectivity index (χ2v) is 6.69. The summed E-state index contributed by atoms with van der Waals surface area (Å²) >= 11 is 0. The summed E-state index contributed by atoms with van der Waals surface area (Å²) in [4.78, 5) is 0.889. The van der Waals surface area contributed by atoms with Gasteiger partial charge in [0, 0.05) is 25.3 Å². The van der Waals surface area contributed by atoms with Crippen molar-refractivity contribution in [2.45, 2.75) is 24.1 Å². The molecular weight excluding hydrogens is 236 g/mol. The fraction of sp³-hybridized carbons (Fsp3) is 0.500. The molecule has 5 heteroatoms. The largest absolute Gasteiger partial charge is 0.356 e. The summed E-state index contributed by atoms with van der Waals surface area (Å²) in [6.07, 6.45) is 0.737. The van der Waals surface area contributed by atoms with Gasteiger partial charge in [0.2, 0.25) is 0 Å². The zero-order valence-electron chi connectivity index (χ0n) is 9.59. The number of nitrogens with one attached hydrogen (secondary N) is 1. The lowest BCUT2D eigenvalue weighted by Crippen LogP contribution is -2.27. The minimum Gasteiger partial charge on any atom is -0.356 e. The van der Waals surface area contributed by atoms with Gasteiger partial charge in [0.05, 0.1) is 21.2 Å². The molecule has 92 valence electrons. The highest BCUT2D eigenvalue weighted by Crippen LogP contribution is 2.24. The Morgan fingerprint density at radius 3 is 3.00 bits per heavy atom. The van der Waals surface area contributed by atoms with Crippen LogP contribution in [0.5, 0.6) is 0 Å². The van der Waals surface area contributed by atoms with E-state index in [-0.39, 0.29) is 6.23 Å². The normalized spacial score (nSPS) is 32.1. The third kappa shape index (κ3) is 2.10. The molecule has 2 aliphatic heterocycles. The molecule has 17 heavy (non-hydrogen) atoms. The van der Waals surface area contributed by atoms with Crippen LogP contribution in [0.1, 0.15) is 12.0 Å². The van der Waals surface area contributed by atoms with Crippen molar-refractivity contribution in [1.29, 1.82) is 0 Å². The van der Waals surface area contributed by atoms with E-state index >= 15 is 0 Å². The monoisotopic (exact) mass is 252 g/mol. The van der Waals surface area contributed by atoms with Gasteiger partial charge >= 0.3 is 0 Å². The van der Waals surface area contributed by atoms with Gasteiger partial charge in [0.25, 0.3) is 0 Å². The number of fused-ring (bicyclic) bond motifs is 1. The Kier molecular flexibility index (Phi) is 2.90. The summed E-state index contributed by atoms with van der Waals surface area (Å²) in [5.74, 6) is 0.573. The zero-order chi connectivity index (χ0) is 11.7. The first-order valence-electron chi connectivity index (χ1n) is 5.92. The predicted octanol–water partition coefficient (Wildman–Crippen LogP) is 1.36. The van der Waals surface area contributed by atoms with Crippen LogP contribution in [0.3, 0.4) is 0 Å². The van der Waals surface area contributed by atoms with Crippen molar-refractivity contribution in [3.8, 4) is 0 Å². The van der Waals surface area contributed by atoms with Gasteiger partial charge in [-0.2, -0.15) is 0 Å². The molecule has 0 aliphatic carbocycles. The fourth-order valence-electron chi connectivity index (χ4n) is 2.11. The number of hydrogen-bond donors (Lipinski definition) is 1. The first-order valence-corrected chi connectivity index (χ1v) is 7.60. The van der Waals surface area contributed by atoms with E-state index in [0.29, 0.717) is 5.75 Å². The first kappa shape index (κ1) is 11.2. The molecule has 4 nitrogen and oxygen atoms in total. The fourth-order valence-corrected chi connectivity index (χ4v) is 4.36. The molecule has 3 rings (SSSR count). The zero-order valence-corrected chi connectivity index (χ0v) is 10.4. The molecule has 0 aromatic heterocycles. The van der Waals surface area contributed by atoms with Crippen LogP contribution in [0.15, 0.2) is 33.5 Å². The Labute approximate surface area is 102 Å². The number of rotatable bonds is 1. The van der Waals surface area contributed by atoms with E-state index in [1.807, 2.05) is 24.3 Å². The van der Waals surface area contributed by atoms with Crippen LogP contribution in [0.4, 0.5) is 0 Å². The third-order valence-corrected chi connectivity index (χ3v) is 5.57. The second-order valence-electron chi connectivity index (χ2n) is 4.35. The Morgan fingerprint density at radius 2 is 2.24 bits per heavy atom. The molecule has 1 aromatic carbocycles. The van der Waals surface area contributed by atoms with Crippen molar-refractivity contribution in [3.63, 3.8) is 0 Å². The molecule has 1 N–H and O–H groups in total. The van der Waals surface area contributed by atoms with Gasteiger partial charge in [-0.3, -0.25) is 0 Å².